The van der Waals surface area contributed by atoms with Gasteiger partial charge in [-0.3, -0.25) is 9.36 Å². The van der Waals surface area contributed by atoms with E-state index in [0.29, 0.717) is 0 Å². The fourth-order valence-corrected chi connectivity index (χ4v) is 4.42. The molecule has 0 bridgehead atoms. The molecular weight excluding hydrogens is 322 g/mol. The van der Waals surface area contributed by atoms with E-state index in [1.807, 2.05) is 31.3 Å². The van der Waals surface area contributed by atoms with Gasteiger partial charge in [-0.2, -0.15) is 0 Å². The molecule has 1 aromatic carbocycles. The SMILES string of the molecule is CNC1=C2c3ncn(-c4ccc(OC)cc4)c(=O)c3SC2CC=C1. The van der Waals surface area contributed by atoms with E-state index < -0.39 is 0 Å². The number of nitrogens with one attached hydrogen (secondary N) is 1. The van der Waals surface area contributed by atoms with E-state index in [1.54, 1.807) is 29.8 Å². The van der Waals surface area contributed by atoms with Crippen LogP contribution in [-0.4, -0.2) is 29.0 Å². The zero-order chi connectivity index (χ0) is 16.7. The second-order valence-electron chi connectivity index (χ2n) is 5.62. The third kappa shape index (κ3) is 2.26. The second kappa shape index (κ2) is 5.87. The third-order valence-electron chi connectivity index (χ3n) is 4.31. The first kappa shape index (κ1) is 15.1. The third-order valence-corrected chi connectivity index (χ3v) is 5.63. The van der Waals surface area contributed by atoms with E-state index in [2.05, 4.69) is 22.5 Å². The van der Waals surface area contributed by atoms with Crippen molar-refractivity contribution in [1.29, 1.82) is 0 Å². The maximum absolute atomic E-state index is 13.0. The Morgan fingerprint density at radius 3 is 2.83 bits per heavy atom. The minimum atomic E-state index is -0.0208. The molecule has 0 amide bonds. The van der Waals surface area contributed by atoms with Crippen LogP contribution >= 0.6 is 11.8 Å². The van der Waals surface area contributed by atoms with Gasteiger partial charge in [-0.25, -0.2) is 4.98 Å². The summed E-state index contributed by atoms with van der Waals surface area (Å²) < 4.78 is 6.76. The van der Waals surface area contributed by atoms with Crippen LogP contribution in [0.2, 0.25) is 0 Å². The second-order valence-corrected chi connectivity index (χ2v) is 6.83. The standard InChI is InChI=1S/C18H17N3O2S/c1-19-13-4-3-5-14-15(13)16-17(24-14)18(22)21(10-20-16)11-6-8-12(23-2)9-7-11/h3-4,6-10,14,19H,5H2,1-2H3. The minimum absolute atomic E-state index is 0.0208. The highest BCUT2D eigenvalue weighted by Crippen LogP contribution is 2.46. The number of rotatable bonds is 3. The van der Waals surface area contributed by atoms with Gasteiger partial charge in [0.1, 0.15) is 12.1 Å². The fraction of sp³-hybridized carbons (Fsp3) is 0.222. The molecule has 0 radical (unpaired) electrons. The van der Waals surface area contributed by atoms with Crippen molar-refractivity contribution in [2.24, 2.45) is 0 Å². The maximum Gasteiger partial charge on any atom is 0.272 e. The molecule has 5 nitrogen and oxygen atoms in total. The number of methoxy groups -OCH3 is 1. The van der Waals surface area contributed by atoms with E-state index in [1.165, 1.54) is 0 Å². The summed E-state index contributed by atoms with van der Waals surface area (Å²) >= 11 is 1.61. The summed E-state index contributed by atoms with van der Waals surface area (Å²) in [6.45, 7) is 0. The minimum Gasteiger partial charge on any atom is -0.497 e. The predicted octanol–water partition coefficient (Wildman–Crippen LogP) is 2.61. The number of allylic oxidation sites excluding steroid dienone is 2. The van der Waals surface area contributed by atoms with Crippen LogP contribution in [0.5, 0.6) is 5.75 Å². The molecule has 6 heteroatoms. The molecule has 1 aliphatic carbocycles. The zero-order valence-electron chi connectivity index (χ0n) is 13.4. The molecule has 0 saturated heterocycles. The molecule has 2 heterocycles. The summed E-state index contributed by atoms with van der Waals surface area (Å²) in [5.41, 5.74) is 3.76. The molecule has 0 fully saturated rings. The lowest BCUT2D eigenvalue weighted by Gasteiger charge is -2.17. The Kier molecular flexibility index (Phi) is 3.69. The van der Waals surface area contributed by atoms with Crippen LogP contribution in [0.3, 0.4) is 0 Å². The van der Waals surface area contributed by atoms with Gasteiger partial charge >= 0.3 is 0 Å². The Morgan fingerprint density at radius 1 is 1.33 bits per heavy atom. The largest absolute Gasteiger partial charge is 0.497 e. The lowest BCUT2D eigenvalue weighted by atomic mass is 9.99. The smallest absolute Gasteiger partial charge is 0.272 e. The molecule has 4 rings (SSSR count). The highest BCUT2D eigenvalue weighted by atomic mass is 32.2. The molecule has 0 saturated carbocycles. The van der Waals surface area contributed by atoms with Crippen LogP contribution in [0.4, 0.5) is 0 Å². The van der Waals surface area contributed by atoms with Crippen molar-refractivity contribution in [3.63, 3.8) is 0 Å². The molecule has 1 aliphatic heterocycles. The number of likely N-dealkylation sites (N-methyl/N-ethyl adjacent to an activating group) is 1. The van der Waals surface area contributed by atoms with Crippen molar-refractivity contribution in [2.45, 2.75) is 16.6 Å². The van der Waals surface area contributed by atoms with Gasteiger partial charge in [0.05, 0.1) is 23.4 Å². The summed E-state index contributed by atoms with van der Waals surface area (Å²) in [6.07, 6.45) is 6.74. The number of hydrogen-bond donors (Lipinski definition) is 1. The van der Waals surface area contributed by atoms with E-state index in [0.717, 1.165) is 39.7 Å². The lowest BCUT2D eigenvalue weighted by molar-refractivity contribution is 0.414. The maximum atomic E-state index is 13.0. The van der Waals surface area contributed by atoms with Crippen LogP contribution in [-0.2, 0) is 0 Å². The zero-order valence-corrected chi connectivity index (χ0v) is 14.3. The highest BCUT2D eigenvalue weighted by Gasteiger charge is 2.34. The van der Waals surface area contributed by atoms with Crippen molar-refractivity contribution in [2.75, 3.05) is 14.2 Å². The van der Waals surface area contributed by atoms with Gasteiger partial charge in [-0.15, -0.1) is 11.8 Å². The van der Waals surface area contributed by atoms with Gasteiger partial charge in [0.25, 0.3) is 5.56 Å². The van der Waals surface area contributed by atoms with Crippen LogP contribution in [0.15, 0.2) is 58.1 Å². The Balaban J connectivity index is 1.83. The van der Waals surface area contributed by atoms with E-state index in [4.69, 9.17) is 4.74 Å². The molecular formula is C18H17N3O2S. The van der Waals surface area contributed by atoms with E-state index in [9.17, 15) is 4.79 Å². The Labute approximate surface area is 144 Å². The van der Waals surface area contributed by atoms with E-state index in [-0.39, 0.29) is 10.8 Å². The molecule has 1 atom stereocenters. The average Bonchev–Trinajstić information content (AvgIpc) is 3.02. The molecule has 2 aromatic rings. The first-order valence-electron chi connectivity index (χ1n) is 7.74. The summed E-state index contributed by atoms with van der Waals surface area (Å²) in [5.74, 6) is 0.760. The van der Waals surface area contributed by atoms with Crippen molar-refractivity contribution >= 4 is 17.3 Å². The number of aromatic nitrogens is 2. The monoisotopic (exact) mass is 339 g/mol. The van der Waals surface area contributed by atoms with Crippen LogP contribution in [0, 0.1) is 0 Å². The van der Waals surface area contributed by atoms with Gasteiger partial charge in [0.15, 0.2) is 0 Å². The summed E-state index contributed by atoms with van der Waals surface area (Å²) in [6, 6.07) is 7.41. The molecule has 1 aromatic heterocycles. The topological polar surface area (TPSA) is 56.1 Å². The van der Waals surface area contributed by atoms with E-state index >= 15 is 0 Å². The molecule has 24 heavy (non-hydrogen) atoms. The Morgan fingerprint density at radius 2 is 2.12 bits per heavy atom. The molecule has 1 N–H and O–H groups in total. The first-order chi connectivity index (χ1) is 11.7. The Hall–Kier alpha value is -2.47. The predicted molar refractivity (Wildman–Crippen MR) is 95.8 cm³/mol. The molecule has 0 spiro atoms. The molecule has 2 aliphatic rings. The van der Waals surface area contributed by atoms with Gasteiger partial charge in [0, 0.05) is 23.6 Å². The van der Waals surface area contributed by atoms with Crippen molar-refractivity contribution in [3.05, 3.63) is 64.5 Å². The summed E-state index contributed by atoms with van der Waals surface area (Å²) in [4.78, 5) is 18.3. The summed E-state index contributed by atoms with van der Waals surface area (Å²) in [7, 11) is 3.52. The van der Waals surface area contributed by atoms with Gasteiger partial charge in [0.2, 0.25) is 0 Å². The highest BCUT2D eigenvalue weighted by molar-refractivity contribution is 8.00. The number of fused-ring (bicyclic) bond motifs is 3. The number of hydrogen-bond acceptors (Lipinski definition) is 5. The normalized spacial score (nSPS) is 18.3. The van der Waals surface area contributed by atoms with Crippen molar-refractivity contribution in [3.8, 4) is 11.4 Å². The average molecular weight is 339 g/mol. The Bertz CT molecular complexity index is 913. The summed E-state index contributed by atoms with van der Waals surface area (Å²) in [5, 5.41) is 3.47. The van der Waals surface area contributed by atoms with Gasteiger partial charge in [-0.05, 0) is 36.8 Å². The quantitative estimate of drug-likeness (QED) is 0.931. The van der Waals surface area contributed by atoms with Crippen LogP contribution in [0.25, 0.3) is 11.3 Å². The van der Waals surface area contributed by atoms with Crippen molar-refractivity contribution < 1.29 is 4.74 Å². The van der Waals surface area contributed by atoms with Gasteiger partial charge in [-0.1, -0.05) is 6.08 Å². The number of thioether (sulfide) groups is 1. The fourth-order valence-electron chi connectivity index (χ4n) is 3.10. The molecule has 1 unspecified atom stereocenters. The van der Waals surface area contributed by atoms with Crippen LogP contribution in [0.1, 0.15) is 12.1 Å². The first-order valence-corrected chi connectivity index (χ1v) is 8.62. The van der Waals surface area contributed by atoms with Gasteiger partial charge < -0.3 is 10.1 Å². The number of nitrogens with zero attached hydrogens (tertiary/aromatic N) is 2. The number of ether oxygens (including phenoxy) is 1. The number of benzene rings is 1. The lowest BCUT2D eigenvalue weighted by Crippen LogP contribution is -2.21. The van der Waals surface area contributed by atoms with Crippen LogP contribution < -0.4 is 15.6 Å². The van der Waals surface area contributed by atoms with Crippen molar-refractivity contribution in [1.82, 2.24) is 14.9 Å². The molecule has 122 valence electrons.